The lowest BCUT2D eigenvalue weighted by Gasteiger charge is -2.26. The maximum absolute atomic E-state index is 13.7. The number of benzene rings is 3. The van der Waals surface area contributed by atoms with Gasteiger partial charge >= 0.3 is 0 Å². The van der Waals surface area contributed by atoms with E-state index in [2.05, 4.69) is 5.32 Å². The van der Waals surface area contributed by atoms with E-state index < -0.39 is 22.5 Å². The molecular weight excluding hydrogens is 464 g/mol. The molecule has 3 rings (SSSR count). The average molecular weight is 497 g/mol. The zero-order valence-corrected chi connectivity index (χ0v) is 21.3. The molecular formula is C27H32N2O5S. The van der Waals surface area contributed by atoms with Crippen molar-refractivity contribution in [2.45, 2.75) is 37.6 Å². The molecule has 8 heteroatoms. The molecule has 0 saturated heterocycles. The molecule has 0 aliphatic heterocycles. The summed E-state index contributed by atoms with van der Waals surface area (Å²) < 4.78 is 39.1. The van der Waals surface area contributed by atoms with Gasteiger partial charge in [-0.2, -0.15) is 0 Å². The number of ether oxygens (including phenoxy) is 2. The fraction of sp³-hybridized carbons (Fsp3) is 0.296. The van der Waals surface area contributed by atoms with Crippen LogP contribution in [0.1, 0.15) is 24.5 Å². The Morgan fingerprint density at radius 1 is 0.971 bits per heavy atom. The van der Waals surface area contributed by atoms with Crippen LogP contribution in [0.5, 0.6) is 11.5 Å². The van der Waals surface area contributed by atoms with Crippen LogP contribution >= 0.6 is 0 Å². The molecule has 0 bridgehead atoms. The number of carbonyl (C=O) groups is 1. The van der Waals surface area contributed by atoms with Gasteiger partial charge in [0, 0.05) is 12.1 Å². The highest BCUT2D eigenvalue weighted by Crippen LogP contribution is 2.35. The van der Waals surface area contributed by atoms with Crippen molar-refractivity contribution in [3.63, 3.8) is 0 Å². The Labute approximate surface area is 207 Å². The third-order valence-electron chi connectivity index (χ3n) is 5.67. The molecule has 0 aliphatic carbocycles. The summed E-state index contributed by atoms with van der Waals surface area (Å²) >= 11 is 0. The summed E-state index contributed by atoms with van der Waals surface area (Å²) in [5, 5.41) is 2.93. The van der Waals surface area contributed by atoms with E-state index in [1.54, 1.807) is 30.3 Å². The summed E-state index contributed by atoms with van der Waals surface area (Å²) in [7, 11) is -1.10. The zero-order chi connectivity index (χ0) is 25.4. The van der Waals surface area contributed by atoms with Crippen LogP contribution in [0.3, 0.4) is 0 Å². The highest BCUT2D eigenvalue weighted by molar-refractivity contribution is 7.92. The number of amides is 1. The molecule has 1 amide bonds. The second-order valence-electron chi connectivity index (χ2n) is 8.36. The molecule has 7 nitrogen and oxygen atoms in total. The Bertz CT molecular complexity index is 1230. The Hall–Kier alpha value is -3.52. The first-order valence-electron chi connectivity index (χ1n) is 11.4. The van der Waals surface area contributed by atoms with Crippen LogP contribution < -0.4 is 19.1 Å². The molecule has 35 heavy (non-hydrogen) atoms. The van der Waals surface area contributed by atoms with Gasteiger partial charge in [0.15, 0.2) is 0 Å². The van der Waals surface area contributed by atoms with Crippen LogP contribution in [0.25, 0.3) is 0 Å². The number of anilines is 1. The van der Waals surface area contributed by atoms with E-state index in [0.717, 1.165) is 22.7 Å². The van der Waals surface area contributed by atoms with E-state index in [9.17, 15) is 13.2 Å². The van der Waals surface area contributed by atoms with Gasteiger partial charge in [-0.1, -0.05) is 48.0 Å². The van der Waals surface area contributed by atoms with Crippen LogP contribution in [-0.4, -0.2) is 41.1 Å². The maximum atomic E-state index is 13.7. The average Bonchev–Trinajstić information content (AvgIpc) is 2.86. The first-order valence-corrected chi connectivity index (χ1v) is 12.8. The minimum absolute atomic E-state index is 0.0888. The summed E-state index contributed by atoms with van der Waals surface area (Å²) in [6, 6.07) is 21.2. The van der Waals surface area contributed by atoms with E-state index in [1.807, 2.05) is 44.2 Å². The predicted octanol–water partition coefficient (Wildman–Crippen LogP) is 4.35. The topological polar surface area (TPSA) is 84.9 Å². The van der Waals surface area contributed by atoms with E-state index in [1.165, 1.54) is 31.9 Å². The van der Waals surface area contributed by atoms with Crippen molar-refractivity contribution < 1.29 is 22.7 Å². The molecule has 0 saturated carbocycles. The van der Waals surface area contributed by atoms with Crippen molar-refractivity contribution in [1.82, 2.24) is 5.32 Å². The first-order chi connectivity index (χ1) is 16.7. The van der Waals surface area contributed by atoms with E-state index in [-0.39, 0.29) is 22.4 Å². The monoisotopic (exact) mass is 496 g/mol. The van der Waals surface area contributed by atoms with Gasteiger partial charge in [0.05, 0.1) is 24.8 Å². The SMILES string of the molecule is COc1ccc(N(CC(=O)N[C@@H](C)CCc2ccccc2)S(=O)(=O)c2ccc(C)cc2)c(OC)c1. The summed E-state index contributed by atoms with van der Waals surface area (Å²) in [6.07, 6.45) is 1.53. The Balaban J connectivity index is 1.85. The number of hydrogen-bond acceptors (Lipinski definition) is 5. The van der Waals surface area contributed by atoms with Gasteiger partial charge in [-0.15, -0.1) is 0 Å². The van der Waals surface area contributed by atoms with Crippen molar-refractivity contribution in [3.05, 3.63) is 83.9 Å². The molecule has 0 fully saturated rings. The number of carbonyl (C=O) groups excluding carboxylic acids is 1. The van der Waals surface area contributed by atoms with Gasteiger partial charge in [-0.25, -0.2) is 8.42 Å². The summed E-state index contributed by atoms with van der Waals surface area (Å²) in [5.74, 6) is 0.390. The molecule has 3 aromatic rings. The number of aryl methyl sites for hydroxylation is 2. The molecule has 0 radical (unpaired) electrons. The van der Waals surface area contributed by atoms with Crippen molar-refractivity contribution >= 4 is 21.6 Å². The summed E-state index contributed by atoms with van der Waals surface area (Å²) in [4.78, 5) is 13.1. The zero-order valence-electron chi connectivity index (χ0n) is 20.5. The number of sulfonamides is 1. The summed E-state index contributed by atoms with van der Waals surface area (Å²) in [5.41, 5.74) is 2.36. The highest BCUT2D eigenvalue weighted by atomic mass is 32.2. The normalized spacial score (nSPS) is 12.0. The van der Waals surface area contributed by atoms with Crippen molar-refractivity contribution in [2.75, 3.05) is 25.1 Å². The standard InChI is InChI=1S/C27H32N2O5S/c1-20-10-15-24(16-11-20)35(31,32)29(25-17-14-23(33-3)18-26(25)34-4)19-27(30)28-21(2)12-13-22-8-6-5-7-9-22/h5-11,14-18,21H,12-13,19H2,1-4H3,(H,28,30)/t21-/m0/s1. The predicted molar refractivity (Wildman–Crippen MR) is 138 cm³/mol. The Morgan fingerprint density at radius 2 is 1.66 bits per heavy atom. The van der Waals surface area contributed by atoms with Crippen LogP contribution in [0.2, 0.25) is 0 Å². The van der Waals surface area contributed by atoms with Gasteiger partial charge < -0.3 is 14.8 Å². The molecule has 0 spiro atoms. The second kappa shape index (κ2) is 11.8. The van der Waals surface area contributed by atoms with Gasteiger partial charge in [0.25, 0.3) is 10.0 Å². The number of methoxy groups -OCH3 is 2. The molecule has 0 unspecified atom stereocenters. The fourth-order valence-electron chi connectivity index (χ4n) is 3.68. The third-order valence-corrected chi connectivity index (χ3v) is 7.44. The first kappa shape index (κ1) is 26.1. The number of rotatable bonds is 11. The molecule has 0 aliphatic rings. The van der Waals surface area contributed by atoms with E-state index in [0.29, 0.717) is 5.75 Å². The quantitative estimate of drug-likeness (QED) is 0.427. The lowest BCUT2D eigenvalue weighted by atomic mass is 10.1. The summed E-state index contributed by atoms with van der Waals surface area (Å²) in [6.45, 7) is 3.40. The lowest BCUT2D eigenvalue weighted by molar-refractivity contribution is -0.120. The van der Waals surface area contributed by atoms with Crippen LogP contribution in [-0.2, 0) is 21.2 Å². The minimum atomic E-state index is -4.06. The van der Waals surface area contributed by atoms with Gasteiger partial charge in [-0.3, -0.25) is 9.10 Å². The molecule has 1 N–H and O–H groups in total. The van der Waals surface area contributed by atoms with Crippen molar-refractivity contribution in [1.29, 1.82) is 0 Å². The van der Waals surface area contributed by atoms with Crippen molar-refractivity contribution in [3.8, 4) is 11.5 Å². The number of hydrogen-bond donors (Lipinski definition) is 1. The molecule has 0 aromatic heterocycles. The van der Waals surface area contributed by atoms with Crippen LogP contribution in [0, 0.1) is 6.92 Å². The molecule has 186 valence electrons. The second-order valence-corrected chi connectivity index (χ2v) is 10.2. The van der Waals surface area contributed by atoms with Gasteiger partial charge in [-0.05, 0) is 56.5 Å². The molecule has 1 atom stereocenters. The maximum Gasteiger partial charge on any atom is 0.264 e. The number of nitrogens with zero attached hydrogens (tertiary/aromatic N) is 1. The highest BCUT2D eigenvalue weighted by Gasteiger charge is 2.30. The number of nitrogens with one attached hydrogen (secondary N) is 1. The fourth-order valence-corrected chi connectivity index (χ4v) is 5.11. The Morgan fingerprint density at radius 3 is 2.29 bits per heavy atom. The minimum Gasteiger partial charge on any atom is -0.497 e. The smallest absolute Gasteiger partial charge is 0.264 e. The van der Waals surface area contributed by atoms with Gasteiger partial charge in [0.1, 0.15) is 18.0 Å². The third kappa shape index (κ3) is 6.76. The molecule has 0 heterocycles. The van der Waals surface area contributed by atoms with Crippen LogP contribution in [0.4, 0.5) is 5.69 Å². The van der Waals surface area contributed by atoms with Gasteiger partial charge in [0.2, 0.25) is 5.91 Å². The van der Waals surface area contributed by atoms with E-state index >= 15 is 0 Å². The Kier molecular flexibility index (Phi) is 8.76. The van der Waals surface area contributed by atoms with Crippen LogP contribution in [0.15, 0.2) is 77.7 Å². The lowest BCUT2D eigenvalue weighted by Crippen LogP contribution is -2.43. The van der Waals surface area contributed by atoms with E-state index in [4.69, 9.17) is 9.47 Å². The largest absolute Gasteiger partial charge is 0.497 e. The molecule has 3 aromatic carbocycles. The van der Waals surface area contributed by atoms with Crippen molar-refractivity contribution in [2.24, 2.45) is 0 Å².